The molecule has 39 heavy (non-hydrogen) atoms. The zero-order chi connectivity index (χ0) is 28.4. The Morgan fingerprint density at radius 1 is 0.949 bits per heavy atom. The number of nitrogens with zero attached hydrogens (tertiary/aromatic N) is 2. The Hall–Kier alpha value is -3.56. The van der Waals surface area contributed by atoms with Crippen molar-refractivity contribution in [3.05, 3.63) is 89.4 Å². The van der Waals surface area contributed by atoms with Gasteiger partial charge in [0.1, 0.15) is 18.3 Å². The van der Waals surface area contributed by atoms with E-state index in [4.69, 9.17) is 16.3 Å². The number of ether oxygens (including phenoxy) is 1. The van der Waals surface area contributed by atoms with Crippen molar-refractivity contribution in [1.82, 2.24) is 10.2 Å². The normalized spacial score (nSPS) is 11.9. The van der Waals surface area contributed by atoms with Gasteiger partial charge in [-0.3, -0.25) is 13.9 Å². The number of anilines is 1. The number of hydrogen-bond donors (Lipinski definition) is 1. The van der Waals surface area contributed by atoms with E-state index in [1.807, 2.05) is 30.3 Å². The van der Waals surface area contributed by atoms with Gasteiger partial charge >= 0.3 is 0 Å². The molecule has 0 spiro atoms. The van der Waals surface area contributed by atoms with Crippen LogP contribution in [0.3, 0.4) is 0 Å². The van der Waals surface area contributed by atoms with Crippen molar-refractivity contribution in [2.75, 3.05) is 30.5 Å². The summed E-state index contributed by atoms with van der Waals surface area (Å²) in [4.78, 5) is 28.0. The molecule has 0 aromatic heterocycles. The summed E-state index contributed by atoms with van der Waals surface area (Å²) in [5.41, 5.74) is 1.21. The SMILES string of the molecule is CCNC(=O)[C@@H](C)N(CCc1ccccc1)C(=O)CN(c1ccccc1OCC)S(=O)(=O)c1ccc(Cl)cc1. The third-order valence-electron chi connectivity index (χ3n) is 6.12. The Balaban J connectivity index is 2.02. The first kappa shape index (κ1) is 30.0. The van der Waals surface area contributed by atoms with Crippen LogP contribution in [0.2, 0.25) is 5.02 Å². The number of rotatable bonds is 13. The molecule has 0 bridgehead atoms. The van der Waals surface area contributed by atoms with E-state index in [1.165, 1.54) is 29.2 Å². The first-order valence-electron chi connectivity index (χ1n) is 12.8. The molecule has 0 unspecified atom stereocenters. The maximum Gasteiger partial charge on any atom is 0.264 e. The molecular formula is C29H34ClN3O5S. The minimum atomic E-state index is -4.22. The molecule has 0 heterocycles. The Labute approximate surface area is 235 Å². The first-order valence-corrected chi connectivity index (χ1v) is 14.6. The van der Waals surface area contributed by atoms with E-state index in [1.54, 1.807) is 45.0 Å². The summed E-state index contributed by atoms with van der Waals surface area (Å²) >= 11 is 6.00. The van der Waals surface area contributed by atoms with Gasteiger partial charge < -0.3 is 15.0 Å². The highest BCUT2D eigenvalue weighted by Crippen LogP contribution is 2.33. The standard InChI is InChI=1S/C29H34ClN3O5S/c1-4-31-29(35)22(3)32(20-19-23-11-7-6-8-12-23)28(34)21-33(26-13-9-10-14-27(26)38-5-2)39(36,37)25-17-15-24(30)16-18-25/h6-18,22H,4-5,19-21H2,1-3H3,(H,31,35)/t22-/m1/s1. The molecule has 1 atom stereocenters. The van der Waals surface area contributed by atoms with Crippen molar-refractivity contribution < 1.29 is 22.7 Å². The van der Waals surface area contributed by atoms with Crippen LogP contribution in [0.5, 0.6) is 5.75 Å². The Kier molecular flexibility index (Phi) is 10.8. The van der Waals surface area contributed by atoms with Crippen molar-refractivity contribution >= 4 is 39.1 Å². The number of nitrogens with one attached hydrogen (secondary N) is 1. The smallest absolute Gasteiger partial charge is 0.264 e. The fourth-order valence-electron chi connectivity index (χ4n) is 4.08. The monoisotopic (exact) mass is 571 g/mol. The molecule has 0 aliphatic heterocycles. The lowest BCUT2D eigenvalue weighted by atomic mass is 10.1. The van der Waals surface area contributed by atoms with Crippen LogP contribution < -0.4 is 14.4 Å². The lowest BCUT2D eigenvalue weighted by molar-refractivity contribution is -0.138. The van der Waals surface area contributed by atoms with Crippen LogP contribution in [0.25, 0.3) is 0 Å². The maximum atomic E-state index is 13.9. The van der Waals surface area contributed by atoms with Gasteiger partial charge in [-0.05, 0) is 69.2 Å². The van der Waals surface area contributed by atoms with Crippen molar-refractivity contribution in [3.8, 4) is 5.75 Å². The van der Waals surface area contributed by atoms with Gasteiger partial charge in [0, 0.05) is 18.1 Å². The minimum absolute atomic E-state index is 0.0291. The molecule has 2 amide bonds. The van der Waals surface area contributed by atoms with Gasteiger partial charge in [-0.25, -0.2) is 8.42 Å². The molecule has 8 nitrogen and oxygen atoms in total. The molecule has 10 heteroatoms. The number of hydrogen-bond acceptors (Lipinski definition) is 5. The van der Waals surface area contributed by atoms with Crippen LogP contribution in [0, 0.1) is 0 Å². The van der Waals surface area contributed by atoms with E-state index >= 15 is 0 Å². The van der Waals surface area contributed by atoms with Crippen LogP contribution in [-0.4, -0.2) is 57.4 Å². The maximum absolute atomic E-state index is 13.9. The van der Waals surface area contributed by atoms with Gasteiger partial charge in [-0.2, -0.15) is 0 Å². The summed E-state index contributed by atoms with van der Waals surface area (Å²) in [6.45, 7) is 5.63. The summed E-state index contributed by atoms with van der Waals surface area (Å²) < 4.78 is 34.6. The zero-order valence-corrected chi connectivity index (χ0v) is 23.9. The Morgan fingerprint density at radius 3 is 2.23 bits per heavy atom. The van der Waals surface area contributed by atoms with Crippen LogP contribution in [-0.2, 0) is 26.0 Å². The summed E-state index contributed by atoms with van der Waals surface area (Å²) in [5.74, 6) is -0.521. The molecule has 3 aromatic rings. The summed E-state index contributed by atoms with van der Waals surface area (Å²) in [7, 11) is -4.22. The number of benzene rings is 3. The van der Waals surface area contributed by atoms with E-state index in [0.717, 1.165) is 9.87 Å². The number of likely N-dealkylation sites (N-methyl/N-ethyl adjacent to an activating group) is 1. The fourth-order valence-corrected chi connectivity index (χ4v) is 5.63. The van der Waals surface area contributed by atoms with Gasteiger partial charge in [0.25, 0.3) is 10.0 Å². The molecule has 0 radical (unpaired) electrons. The average molecular weight is 572 g/mol. The third kappa shape index (κ3) is 7.74. The molecule has 3 aromatic carbocycles. The first-order chi connectivity index (χ1) is 18.7. The molecular weight excluding hydrogens is 538 g/mol. The molecule has 3 rings (SSSR count). The van der Waals surface area contributed by atoms with Gasteiger partial charge in [0.05, 0.1) is 17.2 Å². The summed E-state index contributed by atoms with van der Waals surface area (Å²) in [5, 5.41) is 3.14. The molecule has 1 N–H and O–H groups in total. The fraction of sp³-hybridized carbons (Fsp3) is 0.310. The molecule has 0 saturated carbocycles. The van der Waals surface area contributed by atoms with Gasteiger partial charge in [0.15, 0.2) is 0 Å². The van der Waals surface area contributed by atoms with Gasteiger partial charge in [-0.1, -0.05) is 54.1 Å². The third-order valence-corrected chi connectivity index (χ3v) is 8.14. The highest BCUT2D eigenvalue weighted by Gasteiger charge is 2.33. The second-order valence-corrected chi connectivity index (χ2v) is 11.1. The van der Waals surface area contributed by atoms with E-state index in [2.05, 4.69) is 5.32 Å². The number of carbonyl (C=O) groups excluding carboxylic acids is 2. The Morgan fingerprint density at radius 2 is 1.59 bits per heavy atom. The van der Waals surface area contributed by atoms with Crippen molar-refractivity contribution in [1.29, 1.82) is 0 Å². The highest BCUT2D eigenvalue weighted by molar-refractivity contribution is 7.92. The lowest BCUT2D eigenvalue weighted by Gasteiger charge is -2.32. The molecule has 0 fully saturated rings. The molecule has 0 aliphatic rings. The van der Waals surface area contributed by atoms with Gasteiger partial charge in [-0.15, -0.1) is 0 Å². The van der Waals surface area contributed by atoms with Gasteiger partial charge in [0.2, 0.25) is 11.8 Å². The zero-order valence-electron chi connectivity index (χ0n) is 22.3. The van der Waals surface area contributed by atoms with E-state index < -0.39 is 28.5 Å². The topological polar surface area (TPSA) is 96.0 Å². The molecule has 0 aliphatic carbocycles. The van der Waals surface area contributed by atoms with Crippen LogP contribution in [0.4, 0.5) is 5.69 Å². The highest BCUT2D eigenvalue weighted by atomic mass is 35.5. The van der Waals surface area contributed by atoms with E-state index in [-0.39, 0.29) is 23.0 Å². The van der Waals surface area contributed by atoms with Crippen LogP contribution in [0.15, 0.2) is 83.8 Å². The summed E-state index contributed by atoms with van der Waals surface area (Å²) in [6.07, 6.45) is 0.496. The minimum Gasteiger partial charge on any atom is -0.492 e. The number of carbonyl (C=O) groups is 2. The number of halogens is 1. The van der Waals surface area contributed by atoms with Crippen LogP contribution >= 0.6 is 11.6 Å². The lowest BCUT2D eigenvalue weighted by Crippen LogP contribution is -2.52. The molecule has 0 saturated heterocycles. The van der Waals surface area contributed by atoms with Crippen molar-refractivity contribution in [3.63, 3.8) is 0 Å². The van der Waals surface area contributed by atoms with Crippen LogP contribution in [0.1, 0.15) is 26.3 Å². The largest absolute Gasteiger partial charge is 0.492 e. The van der Waals surface area contributed by atoms with Crippen molar-refractivity contribution in [2.24, 2.45) is 0 Å². The number of para-hydroxylation sites is 2. The van der Waals surface area contributed by atoms with Crippen molar-refractivity contribution in [2.45, 2.75) is 38.1 Å². The quantitative estimate of drug-likeness (QED) is 0.325. The second-order valence-electron chi connectivity index (χ2n) is 8.76. The predicted octanol–water partition coefficient (Wildman–Crippen LogP) is 4.53. The molecule has 208 valence electrons. The average Bonchev–Trinajstić information content (AvgIpc) is 2.93. The second kappa shape index (κ2) is 14.0. The van der Waals surface area contributed by atoms with E-state index in [0.29, 0.717) is 30.3 Å². The number of amides is 2. The Bertz CT molecular complexity index is 1350. The summed E-state index contributed by atoms with van der Waals surface area (Å²) in [6, 6.07) is 21.2. The predicted molar refractivity (Wildman–Crippen MR) is 154 cm³/mol. The van der Waals surface area contributed by atoms with E-state index in [9.17, 15) is 18.0 Å². The number of sulfonamides is 1.